The summed E-state index contributed by atoms with van der Waals surface area (Å²) in [5, 5.41) is 8.88. The Morgan fingerprint density at radius 3 is 1.62 bits per heavy atom. The summed E-state index contributed by atoms with van der Waals surface area (Å²) in [5.74, 6) is -1.79. The van der Waals surface area contributed by atoms with Crippen LogP contribution < -0.4 is 5.73 Å². The molecule has 0 aliphatic carbocycles. The maximum Gasteiger partial charge on any atom is 0.472 e. The molecular formula is C41H78NO9P. The Labute approximate surface area is 317 Å². The van der Waals surface area contributed by atoms with Crippen LogP contribution in [0.4, 0.5) is 0 Å². The smallest absolute Gasteiger partial charge is 0.472 e. The fourth-order valence-corrected chi connectivity index (χ4v) is 6.46. The van der Waals surface area contributed by atoms with Gasteiger partial charge in [-0.15, -0.1) is 0 Å². The molecule has 52 heavy (non-hydrogen) atoms. The van der Waals surface area contributed by atoms with E-state index in [4.69, 9.17) is 29.4 Å². The minimum absolute atomic E-state index is 0.0150. The van der Waals surface area contributed by atoms with Crippen LogP contribution in [-0.2, 0) is 32.7 Å². The molecule has 0 amide bonds. The number of allylic oxidation sites excluding steroid dienone is 4. The summed E-state index contributed by atoms with van der Waals surface area (Å²) in [6.45, 7) is 3.84. The second-order valence-electron chi connectivity index (χ2n) is 14.1. The fourth-order valence-electron chi connectivity index (χ4n) is 5.68. The van der Waals surface area contributed by atoms with Gasteiger partial charge in [0.2, 0.25) is 0 Å². The van der Waals surface area contributed by atoms with E-state index < -0.39 is 45.1 Å². The number of carboxylic acid groups (broad SMARTS) is 1. The number of esters is 1. The zero-order chi connectivity index (χ0) is 38.4. The zero-order valence-corrected chi connectivity index (χ0v) is 34.1. The molecule has 0 saturated carbocycles. The third kappa shape index (κ3) is 36.8. The largest absolute Gasteiger partial charge is 0.480 e. The molecule has 0 aromatic rings. The average molecular weight is 760 g/mol. The molecule has 0 radical (unpaired) electrons. The molecule has 0 bridgehead atoms. The van der Waals surface area contributed by atoms with Crippen LogP contribution >= 0.6 is 7.82 Å². The van der Waals surface area contributed by atoms with Gasteiger partial charge < -0.3 is 25.2 Å². The Kier molecular flexibility index (Phi) is 36.6. The predicted octanol–water partition coefficient (Wildman–Crippen LogP) is 11.1. The van der Waals surface area contributed by atoms with Crippen LogP contribution in [0.2, 0.25) is 0 Å². The second kappa shape index (κ2) is 37.8. The number of phosphoric acid groups is 1. The van der Waals surface area contributed by atoms with Crippen LogP contribution in [0.3, 0.4) is 0 Å². The lowest BCUT2D eigenvalue weighted by molar-refractivity contribution is -0.154. The Morgan fingerprint density at radius 1 is 0.615 bits per heavy atom. The van der Waals surface area contributed by atoms with Gasteiger partial charge in [-0.3, -0.25) is 18.6 Å². The second-order valence-corrected chi connectivity index (χ2v) is 15.6. The molecule has 0 aliphatic rings. The van der Waals surface area contributed by atoms with E-state index in [1.807, 2.05) is 0 Å². The number of carboxylic acids is 1. The summed E-state index contributed by atoms with van der Waals surface area (Å²) in [6.07, 6.45) is 39.4. The molecule has 0 saturated heterocycles. The maximum atomic E-state index is 12.6. The monoisotopic (exact) mass is 760 g/mol. The highest BCUT2D eigenvalue weighted by Gasteiger charge is 2.27. The van der Waals surface area contributed by atoms with Crippen molar-refractivity contribution in [3.05, 3.63) is 24.3 Å². The van der Waals surface area contributed by atoms with E-state index in [9.17, 15) is 19.0 Å². The number of carbonyl (C=O) groups excluding carboxylic acids is 1. The number of hydrogen-bond acceptors (Lipinski definition) is 8. The summed E-state index contributed by atoms with van der Waals surface area (Å²) in [7, 11) is -4.61. The van der Waals surface area contributed by atoms with Gasteiger partial charge >= 0.3 is 19.8 Å². The quantitative estimate of drug-likeness (QED) is 0.0238. The van der Waals surface area contributed by atoms with Crippen molar-refractivity contribution < 1.29 is 42.7 Å². The van der Waals surface area contributed by atoms with Gasteiger partial charge in [0.1, 0.15) is 12.1 Å². The number of unbranched alkanes of at least 4 members (excludes halogenated alkanes) is 22. The van der Waals surface area contributed by atoms with Gasteiger partial charge in [-0.25, -0.2) is 4.57 Å². The lowest BCUT2D eigenvalue weighted by atomic mass is 10.0. The van der Waals surface area contributed by atoms with Gasteiger partial charge in [-0.05, 0) is 38.5 Å². The SMILES string of the molecule is CCCC/C=C\C/C=C\CCCCCCCC(=O)O[C@H](COCCCCCCCCCCCCCCCCCC)COP(=O)(O)OC[C@H](N)C(=O)O. The zero-order valence-electron chi connectivity index (χ0n) is 33.2. The molecule has 4 N–H and O–H groups in total. The van der Waals surface area contributed by atoms with Crippen molar-refractivity contribution in [2.45, 2.75) is 199 Å². The molecule has 11 heteroatoms. The van der Waals surface area contributed by atoms with Crippen molar-refractivity contribution in [2.75, 3.05) is 26.4 Å². The minimum Gasteiger partial charge on any atom is -0.480 e. The molecule has 0 fully saturated rings. The van der Waals surface area contributed by atoms with E-state index >= 15 is 0 Å². The van der Waals surface area contributed by atoms with Crippen molar-refractivity contribution in [3.8, 4) is 0 Å². The van der Waals surface area contributed by atoms with Gasteiger partial charge in [-0.2, -0.15) is 0 Å². The molecular weight excluding hydrogens is 681 g/mol. The summed E-state index contributed by atoms with van der Waals surface area (Å²) in [4.78, 5) is 33.5. The van der Waals surface area contributed by atoms with Crippen LogP contribution in [-0.4, -0.2) is 60.5 Å². The summed E-state index contributed by atoms with van der Waals surface area (Å²) >= 11 is 0. The molecule has 0 heterocycles. The lowest BCUT2D eigenvalue weighted by Gasteiger charge is -2.20. The molecule has 306 valence electrons. The molecule has 10 nitrogen and oxygen atoms in total. The van der Waals surface area contributed by atoms with Crippen LogP contribution in [0, 0.1) is 0 Å². The van der Waals surface area contributed by atoms with Crippen LogP contribution in [0.1, 0.15) is 187 Å². The molecule has 0 rings (SSSR count). The average Bonchev–Trinajstić information content (AvgIpc) is 3.12. The molecule has 0 spiro atoms. The first-order valence-electron chi connectivity index (χ1n) is 20.9. The standard InChI is InChI=1S/C41H78NO9P/c1-3-5-7-9-11-13-15-17-19-20-22-24-26-28-30-32-34-48-35-38(36-49-52(46,47)50-37-39(42)41(44)45)51-40(43)33-31-29-27-25-23-21-18-16-14-12-10-8-6-4-2/h10,12,16,18,38-39H,3-9,11,13-15,17,19-37,42H2,1-2H3,(H,44,45)(H,46,47)/b12-10-,18-16-/t38-,39+/m1/s1. The Balaban J connectivity index is 4.26. The highest BCUT2D eigenvalue weighted by molar-refractivity contribution is 7.47. The molecule has 0 aliphatic heterocycles. The molecule has 0 aromatic carbocycles. The Hall–Kier alpha value is -1.55. The number of rotatable bonds is 40. The van der Waals surface area contributed by atoms with Crippen molar-refractivity contribution in [2.24, 2.45) is 5.73 Å². The van der Waals surface area contributed by atoms with Crippen molar-refractivity contribution in [1.29, 1.82) is 0 Å². The van der Waals surface area contributed by atoms with Gasteiger partial charge in [0.15, 0.2) is 0 Å². The van der Waals surface area contributed by atoms with E-state index in [0.29, 0.717) is 13.0 Å². The van der Waals surface area contributed by atoms with E-state index in [1.165, 1.54) is 96.3 Å². The lowest BCUT2D eigenvalue weighted by Crippen LogP contribution is -2.34. The van der Waals surface area contributed by atoms with Crippen LogP contribution in [0.15, 0.2) is 24.3 Å². The minimum atomic E-state index is -4.61. The third-order valence-electron chi connectivity index (χ3n) is 8.98. The van der Waals surface area contributed by atoms with E-state index in [1.54, 1.807) is 0 Å². The normalized spacial score (nSPS) is 14.2. The topological polar surface area (TPSA) is 155 Å². The van der Waals surface area contributed by atoms with Gasteiger partial charge in [0, 0.05) is 13.0 Å². The van der Waals surface area contributed by atoms with Gasteiger partial charge in [-0.1, -0.05) is 167 Å². The Bertz CT molecular complexity index is 930. The maximum absolute atomic E-state index is 12.6. The van der Waals surface area contributed by atoms with Crippen LogP contribution in [0.5, 0.6) is 0 Å². The number of hydrogen-bond donors (Lipinski definition) is 3. The van der Waals surface area contributed by atoms with Gasteiger partial charge in [0.05, 0.1) is 19.8 Å². The number of phosphoric ester groups is 1. The highest BCUT2D eigenvalue weighted by Crippen LogP contribution is 2.43. The number of ether oxygens (including phenoxy) is 2. The first-order valence-corrected chi connectivity index (χ1v) is 22.4. The van der Waals surface area contributed by atoms with E-state index in [2.05, 4.69) is 38.2 Å². The van der Waals surface area contributed by atoms with E-state index in [-0.39, 0.29) is 13.0 Å². The van der Waals surface area contributed by atoms with E-state index in [0.717, 1.165) is 64.2 Å². The first-order chi connectivity index (χ1) is 25.2. The third-order valence-corrected chi connectivity index (χ3v) is 9.93. The highest BCUT2D eigenvalue weighted by atomic mass is 31.2. The van der Waals surface area contributed by atoms with Crippen molar-refractivity contribution >= 4 is 19.8 Å². The summed E-state index contributed by atoms with van der Waals surface area (Å²) in [6, 6.07) is -1.47. The molecule has 0 aromatic heterocycles. The summed E-state index contributed by atoms with van der Waals surface area (Å²) < 4.78 is 33.3. The summed E-state index contributed by atoms with van der Waals surface area (Å²) in [5.41, 5.74) is 5.35. The first kappa shape index (κ1) is 50.5. The number of nitrogens with two attached hydrogens (primary N) is 1. The number of carbonyl (C=O) groups is 2. The Morgan fingerprint density at radius 2 is 1.08 bits per heavy atom. The fraction of sp³-hybridized carbons (Fsp3) is 0.854. The van der Waals surface area contributed by atoms with Crippen molar-refractivity contribution in [3.63, 3.8) is 0 Å². The van der Waals surface area contributed by atoms with Crippen LogP contribution in [0.25, 0.3) is 0 Å². The number of aliphatic carboxylic acids is 1. The molecule has 1 unspecified atom stereocenters. The molecule has 3 atom stereocenters. The predicted molar refractivity (Wildman–Crippen MR) is 212 cm³/mol. The van der Waals surface area contributed by atoms with Gasteiger partial charge in [0.25, 0.3) is 0 Å². The van der Waals surface area contributed by atoms with Crippen molar-refractivity contribution in [1.82, 2.24) is 0 Å².